The molecule has 0 bridgehead atoms. The van der Waals surface area contributed by atoms with Crippen LogP contribution in [0.2, 0.25) is 0 Å². The van der Waals surface area contributed by atoms with Gasteiger partial charge in [-0.05, 0) is 62.2 Å². The first-order chi connectivity index (χ1) is 15.8. The first-order valence-corrected chi connectivity index (χ1v) is 13.0. The van der Waals surface area contributed by atoms with E-state index in [-0.39, 0.29) is 4.90 Å². The van der Waals surface area contributed by atoms with Crippen LogP contribution in [0.3, 0.4) is 0 Å². The summed E-state index contributed by atoms with van der Waals surface area (Å²) in [5.74, 6) is -0.418. The standard InChI is InChI=1S/C25H25N3O3S2/c1-4-18-8-7-11-22-23(18)28(5-2)25(32-22)26-24(29)19-9-6-10-20(16-19)27-33(30,31)21-14-12-17(3)13-15-21/h6-16,27H,4-5H2,1-3H3. The summed E-state index contributed by atoms with van der Waals surface area (Å²) in [5, 5.41) is 0. The average molecular weight is 480 g/mol. The fraction of sp³-hybridized carbons (Fsp3) is 0.200. The minimum atomic E-state index is -3.76. The first kappa shape index (κ1) is 22.9. The number of aromatic nitrogens is 1. The number of benzene rings is 3. The third kappa shape index (κ3) is 4.77. The van der Waals surface area contributed by atoms with Crippen molar-refractivity contribution in [2.45, 2.75) is 38.6 Å². The SMILES string of the molecule is CCc1cccc2sc(=NC(=O)c3cccc(NS(=O)(=O)c4ccc(C)cc4)c3)n(CC)c12. The lowest BCUT2D eigenvalue weighted by Crippen LogP contribution is -2.17. The number of aryl methyl sites for hydroxylation is 3. The molecule has 0 fully saturated rings. The molecule has 0 atom stereocenters. The molecular weight excluding hydrogens is 454 g/mol. The Hall–Kier alpha value is -3.23. The largest absolute Gasteiger partial charge is 0.316 e. The van der Waals surface area contributed by atoms with Crippen molar-refractivity contribution in [3.05, 3.63) is 88.2 Å². The number of nitrogens with zero attached hydrogens (tertiary/aromatic N) is 2. The van der Waals surface area contributed by atoms with Crippen molar-refractivity contribution in [1.29, 1.82) is 0 Å². The summed E-state index contributed by atoms with van der Waals surface area (Å²) >= 11 is 1.48. The van der Waals surface area contributed by atoms with Gasteiger partial charge in [0.2, 0.25) is 0 Å². The van der Waals surface area contributed by atoms with Crippen molar-refractivity contribution in [3.8, 4) is 0 Å². The maximum atomic E-state index is 13.0. The zero-order valence-corrected chi connectivity index (χ0v) is 20.3. The van der Waals surface area contributed by atoms with Gasteiger partial charge in [-0.2, -0.15) is 4.99 Å². The highest BCUT2D eigenvalue weighted by molar-refractivity contribution is 7.92. The van der Waals surface area contributed by atoms with Crippen LogP contribution in [0, 0.1) is 6.92 Å². The first-order valence-electron chi connectivity index (χ1n) is 10.7. The van der Waals surface area contributed by atoms with E-state index >= 15 is 0 Å². The molecule has 3 aromatic carbocycles. The summed E-state index contributed by atoms with van der Waals surface area (Å²) in [6.45, 7) is 6.73. The number of carbonyl (C=O) groups excluding carboxylic acids is 1. The van der Waals surface area contributed by atoms with Gasteiger partial charge >= 0.3 is 0 Å². The highest BCUT2D eigenvalue weighted by Gasteiger charge is 2.15. The summed E-state index contributed by atoms with van der Waals surface area (Å²) < 4.78 is 31.1. The Bertz CT molecular complexity index is 1500. The van der Waals surface area contributed by atoms with Crippen LogP contribution in [0.25, 0.3) is 10.2 Å². The maximum Gasteiger partial charge on any atom is 0.279 e. The molecule has 0 saturated heterocycles. The lowest BCUT2D eigenvalue weighted by Gasteiger charge is -2.09. The predicted molar refractivity (Wildman–Crippen MR) is 133 cm³/mol. The number of anilines is 1. The van der Waals surface area contributed by atoms with E-state index in [1.165, 1.54) is 23.0 Å². The fourth-order valence-corrected chi connectivity index (χ4v) is 5.86. The second-order valence-electron chi connectivity index (χ2n) is 7.66. The summed E-state index contributed by atoms with van der Waals surface area (Å²) in [4.78, 5) is 18.2. The number of thiazole rings is 1. The van der Waals surface area contributed by atoms with Gasteiger partial charge in [-0.15, -0.1) is 0 Å². The smallest absolute Gasteiger partial charge is 0.279 e. The number of hydrogen-bond donors (Lipinski definition) is 1. The van der Waals surface area contributed by atoms with Crippen LogP contribution >= 0.6 is 11.3 Å². The molecule has 1 heterocycles. The Kier molecular flexibility index (Phi) is 6.49. The molecule has 4 rings (SSSR count). The van der Waals surface area contributed by atoms with E-state index in [0.717, 1.165) is 22.2 Å². The maximum absolute atomic E-state index is 13.0. The molecule has 33 heavy (non-hydrogen) atoms. The average Bonchev–Trinajstić information content (AvgIpc) is 3.16. The highest BCUT2D eigenvalue weighted by Crippen LogP contribution is 2.22. The molecule has 1 aromatic heterocycles. The lowest BCUT2D eigenvalue weighted by atomic mass is 10.1. The Morgan fingerprint density at radius 2 is 1.76 bits per heavy atom. The molecule has 8 heteroatoms. The molecule has 0 spiro atoms. The zero-order chi connectivity index (χ0) is 23.6. The normalized spacial score (nSPS) is 12.3. The molecule has 0 unspecified atom stereocenters. The van der Waals surface area contributed by atoms with E-state index < -0.39 is 15.9 Å². The van der Waals surface area contributed by atoms with Crippen LogP contribution in [0.1, 0.15) is 35.3 Å². The molecule has 1 N–H and O–H groups in total. The molecule has 4 aromatic rings. The molecule has 0 radical (unpaired) electrons. The second-order valence-corrected chi connectivity index (χ2v) is 10.4. The van der Waals surface area contributed by atoms with Crippen LogP contribution in [-0.2, 0) is 23.0 Å². The van der Waals surface area contributed by atoms with Gasteiger partial charge in [0.1, 0.15) is 0 Å². The van der Waals surface area contributed by atoms with E-state index in [0.29, 0.717) is 22.6 Å². The minimum absolute atomic E-state index is 0.163. The molecule has 1 amide bonds. The van der Waals surface area contributed by atoms with Crippen molar-refractivity contribution >= 4 is 43.2 Å². The Balaban J connectivity index is 1.68. The number of hydrogen-bond acceptors (Lipinski definition) is 4. The summed E-state index contributed by atoms with van der Waals surface area (Å²) in [6, 6.07) is 19.1. The molecular formula is C25H25N3O3S2. The van der Waals surface area contributed by atoms with Crippen LogP contribution < -0.4 is 9.52 Å². The summed E-state index contributed by atoms with van der Waals surface area (Å²) in [6.07, 6.45) is 0.893. The number of para-hydroxylation sites is 1. The number of nitrogens with one attached hydrogen (secondary N) is 1. The zero-order valence-electron chi connectivity index (χ0n) is 18.7. The summed E-state index contributed by atoms with van der Waals surface area (Å²) in [7, 11) is -3.76. The third-order valence-electron chi connectivity index (χ3n) is 5.37. The van der Waals surface area contributed by atoms with Gasteiger partial charge in [-0.25, -0.2) is 8.42 Å². The lowest BCUT2D eigenvalue weighted by molar-refractivity contribution is 0.0998. The highest BCUT2D eigenvalue weighted by atomic mass is 32.2. The van der Waals surface area contributed by atoms with Crippen molar-refractivity contribution in [3.63, 3.8) is 0 Å². The van der Waals surface area contributed by atoms with Crippen molar-refractivity contribution in [2.24, 2.45) is 4.99 Å². The summed E-state index contributed by atoms with van der Waals surface area (Å²) in [5.41, 5.74) is 3.92. The Morgan fingerprint density at radius 3 is 2.45 bits per heavy atom. The molecule has 170 valence electrons. The van der Waals surface area contributed by atoms with E-state index in [2.05, 4.69) is 27.3 Å². The van der Waals surface area contributed by atoms with E-state index in [4.69, 9.17) is 0 Å². The van der Waals surface area contributed by atoms with Crippen molar-refractivity contribution in [1.82, 2.24) is 4.57 Å². The minimum Gasteiger partial charge on any atom is -0.316 e. The van der Waals surface area contributed by atoms with Gasteiger partial charge < -0.3 is 4.57 Å². The molecule has 0 aliphatic heterocycles. The van der Waals surface area contributed by atoms with Gasteiger partial charge in [0.25, 0.3) is 15.9 Å². The monoisotopic (exact) mass is 479 g/mol. The third-order valence-corrected chi connectivity index (χ3v) is 7.81. The van der Waals surface area contributed by atoms with Crippen molar-refractivity contribution in [2.75, 3.05) is 4.72 Å². The van der Waals surface area contributed by atoms with Crippen molar-refractivity contribution < 1.29 is 13.2 Å². The molecule has 0 saturated carbocycles. The Morgan fingerprint density at radius 1 is 1.03 bits per heavy atom. The van der Waals surface area contributed by atoms with Gasteiger partial charge in [0.15, 0.2) is 4.80 Å². The van der Waals surface area contributed by atoms with Gasteiger partial charge in [-0.1, -0.05) is 54.2 Å². The molecule has 6 nitrogen and oxygen atoms in total. The van der Waals surface area contributed by atoms with Crippen LogP contribution in [0.4, 0.5) is 5.69 Å². The number of sulfonamides is 1. The predicted octanol–water partition coefficient (Wildman–Crippen LogP) is 5.14. The van der Waals surface area contributed by atoms with Crippen LogP contribution in [0.5, 0.6) is 0 Å². The number of amides is 1. The van der Waals surface area contributed by atoms with Gasteiger partial charge in [-0.3, -0.25) is 9.52 Å². The number of fused-ring (bicyclic) bond motifs is 1. The fourth-order valence-electron chi connectivity index (χ4n) is 3.67. The quantitative estimate of drug-likeness (QED) is 0.416. The molecule has 0 aliphatic rings. The van der Waals surface area contributed by atoms with Gasteiger partial charge in [0, 0.05) is 17.8 Å². The van der Waals surface area contributed by atoms with E-state index in [9.17, 15) is 13.2 Å². The number of carbonyl (C=O) groups is 1. The van der Waals surface area contributed by atoms with Crippen LogP contribution in [-0.4, -0.2) is 18.9 Å². The van der Waals surface area contributed by atoms with Crippen LogP contribution in [0.15, 0.2) is 76.6 Å². The Labute approximate surface area is 197 Å². The molecule has 0 aliphatic carbocycles. The van der Waals surface area contributed by atoms with Gasteiger partial charge in [0.05, 0.1) is 15.1 Å². The van der Waals surface area contributed by atoms with E-state index in [1.807, 2.05) is 26.0 Å². The topological polar surface area (TPSA) is 80.5 Å². The second kappa shape index (κ2) is 9.33. The van der Waals surface area contributed by atoms with E-state index in [1.54, 1.807) is 42.5 Å². The number of rotatable bonds is 6.